The normalized spacial score (nSPS) is 10.5. The fraction of sp³-hybridized carbons (Fsp3) is 0.0714. The SMILES string of the molecule is Cc1ccccc1-c1nnc(-c2ccccn2)o1. The lowest BCUT2D eigenvalue weighted by atomic mass is 10.1. The van der Waals surface area contributed by atoms with Crippen LogP contribution in [-0.4, -0.2) is 15.2 Å². The monoisotopic (exact) mass is 237 g/mol. The molecule has 3 aromatic rings. The Morgan fingerprint density at radius 3 is 2.44 bits per heavy atom. The molecule has 0 amide bonds. The summed E-state index contributed by atoms with van der Waals surface area (Å²) in [6.07, 6.45) is 1.70. The van der Waals surface area contributed by atoms with E-state index in [0.717, 1.165) is 11.1 Å². The molecule has 3 rings (SSSR count). The molecule has 0 unspecified atom stereocenters. The first-order valence-corrected chi connectivity index (χ1v) is 5.65. The van der Waals surface area contributed by atoms with Gasteiger partial charge in [-0.1, -0.05) is 24.3 Å². The van der Waals surface area contributed by atoms with Crippen molar-refractivity contribution in [1.29, 1.82) is 0 Å². The number of aromatic nitrogens is 3. The zero-order chi connectivity index (χ0) is 12.4. The van der Waals surface area contributed by atoms with Gasteiger partial charge in [-0.2, -0.15) is 0 Å². The van der Waals surface area contributed by atoms with E-state index in [0.29, 0.717) is 17.5 Å². The predicted octanol–water partition coefficient (Wildman–Crippen LogP) is 3.11. The molecule has 0 saturated heterocycles. The number of nitrogens with zero attached hydrogens (tertiary/aromatic N) is 3. The van der Waals surface area contributed by atoms with E-state index < -0.39 is 0 Å². The zero-order valence-electron chi connectivity index (χ0n) is 9.87. The average molecular weight is 237 g/mol. The maximum Gasteiger partial charge on any atom is 0.266 e. The van der Waals surface area contributed by atoms with E-state index in [2.05, 4.69) is 15.2 Å². The maximum absolute atomic E-state index is 5.65. The van der Waals surface area contributed by atoms with Crippen LogP contribution in [0.5, 0.6) is 0 Å². The van der Waals surface area contributed by atoms with Crippen molar-refractivity contribution < 1.29 is 4.42 Å². The molecule has 0 radical (unpaired) electrons. The molecule has 4 heteroatoms. The molecule has 88 valence electrons. The van der Waals surface area contributed by atoms with E-state index in [9.17, 15) is 0 Å². The van der Waals surface area contributed by atoms with Crippen LogP contribution in [0.3, 0.4) is 0 Å². The number of benzene rings is 1. The van der Waals surface area contributed by atoms with Gasteiger partial charge in [0.15, 0.2) is 0 Å². The molecule has 18 heavy (non-hydrogen) atoms. The van der Waals surface area contributed by atoms with Crippen LogP contribution < -0.4 is 0 Å². The van der Waals surface area contributed by atoms with E-state index in [-0.39, 0.29) is 0 Å². The highest BCUT2D eigenvalue weighted by Gasteiger charge is 2.12. The second-order valence-corrected chi connectivity index (χ2v) is 3.94. The molecule has 0 aliphatic carbocycles. The van der Waals surface area contributed by atoms with Gasteiger partial charge in [0.1, 0.15) is 5.69 Å². The first-order chi connectivity index (χ1) is 8.84. The van der Waals surface area contributed by atoms with Gasteiger partial charge in [-0.25, -0.2) is 0 Å². The number of pyridine rings is 1. The molecule has 0 spiro atoms. The Hall–Kier alpha value is -2.49. The molecule has 0 fully saturated rings. The van der Waals surface area contributed by atoms with E-state index in [4.69, 9.17) is 4.42 Å². The smallest absolute Gasteiger partial charge is 0.266 e. The third-order valence-electron chi connectivity index (χ3n) is 2.68. The minimum absolute atomic E-state index is 0.439. The summed E-state index contributed by atoms with van der Waals surface area (Å²) < 4.78 is 5.65. The summed E-state index contributed by atoms with van der Waals surface area (Å²) >= 11 is 0. The maximum atomic E-state index is 5.65. The van der Waals surface area contributed by atoms with Crippen molar-refractivity contribution in [1.82, 2.24) is 15.2 Å². The van der Waals surface area contributed by atoms with Crippen molar-refractivity contribution in [3.63, 3.8) is 0 Å². The van der Waals surface area contributed by atoms with Crippen LogP contribution in [-0.2, 0) is 0 Å². The summed E-state index contributed by atoms with van der Waals surface area (Å²) in [5.41, 5.74) is 2.74. The molecular formula is C14H11N3O. The van der Waals surface area contributed by atoms with E-state index >= 15 is 0 Å². The lowest BCUT2D eigenvalue weighted by molar-refractivity contribution is 0.581. The van der Waals surface area contributed by atoms with Crippen molar-refractivity contribution in [2.75, 3.05) is 0 Å². The summed E-state index contributed by atoms with van der Waals surface area (Å²) in [4.78, 5) is 4.18. The van der Waals surface area contributed by atoms with Gasteiger partial charge in [0.2, 0.25) is 5.89 Å². The van der Waals surface area contributed by atoms with Crippen molar-refractivity contribution >= 4 is 0 Å². The molecule has 0 atom stereocenters. The Bertz CT molecular complexity index is 662. The quantitative estimate of drug-likeness (QED) is 0.687. The second-order valence-electron chi connectivity index (χ2n) is 3.94. The minimum Gasteiger partial charge on any atom is -0.415 e. The van der Waals surface area contributed by atoms with Gasteiger partial charge in [-0.3, -0.25) is 4.98 Å². The number of hydrogen-bond acceptors (Lipinski definition) is 4. The predicted molar refractivity (Wildman–Crippen MR) is 67.7 cm³/mol. The molecule has 2 heterocycles. The summed E-state index contributed by atoms with van der Waals surface area (Å²) in [6, 6.07) is 13.5. The van der Waals surface area contributed by atoms with Crippen LogP contribution in [0.1, 0.15) is 5.56 Å². The number of rotatable bonds is 2. The standard InChI is InChI=1S/C14H11N3O/c1-10-6-2-3-7-11(10)13-16-17-14(18-13)12-8-4-5-9-15-12/h2-9H,1H3. The molecule has 4 nitrogen and oxygen atoms in total. The van der Waals surface area contributed by atoms with Crippen molar-refractivity contribution in [3.8, 4) is 23.0 Å². The Labute approximate surface area is 104 Å². The highest BCUT2D eigenvalue weighted by Crippen LogP contribution is 2.24. The highest BCUT2D eigenvalue weighted by molar-refractivity contribution is 5.59. The lowest BCUT2D eigenvalue weighted by Crippen LogP contribution is -1.81. The summed E-state index contributed by atoms with van der Waals surface area (Å²) in [7, 11) is 0. The van der Waals surface area contributed by atoms with Gasteiger partial charge in [-0.05, 0) is 30.7 Å². The summed E-state index contributed by atoms with van der Waals surface area (Å²) in [6.45, 7) is 2.01. The molecule has 0 bridgehead atoms. The van der Waals surface area contributed by atoms with Crippen LogP contribution >= 0.6 is 0 Å². The van der Waals surface area contributed by atoms with Gasteiger partial charge in [0.25, 0.3) is 5.89 Å². The topological polar surface area (TPSA) is 51.8 Å². The Morgan fingerprint density at radius 1 is 0.889 bits per heavy atom. The zero-order valence-corrected chi connectivity index (χ0v) is 9.87. The van der Waals surface area contributed by atoms with Gasteiger partial charge in [0, 0.05) is 11.8 Å². The van der Waals surface area contributed by atoms with Gasteiger partial charge in [-0.15, -0.1) is 10.2 Å². The Balaban J connectivity index is 2.03. The minimum atomic E-state index is 0.439. The third kappa shape index (κ3) is 1.88. The van der Waals surface area contributed by atoms with Gasteiger partial charge >= 0.3 is 0 Å². The molecule has 0 N–H and O–H groups in total. The summed E-state index contributed by atoms with van der Waals surface area (Å²) in [5.74, 6) is 0.961. The first kappa shape index (κ1) is 10.7. The average Bonchev–Trinajstić information content (AvgIpc) is 2.90. The second kappa shape index (κ2) is 4.41. The van der Waals surface area contributed by atoms with Crippen LogP contribution in [0.15, 0.2) is 53.1 Å². The molecule has 0 aliphatic rings. The van der Waals surface area contributed by atoms with Crippen LogP contribution in [0, 0.1) is 6.92 Å². The van der Waals surface area contributed by atoms with Crippen molar-refractivity contribution in [2.24, 2.45) is 0 Å². The molecule has 0 aliphatic heterocycles. The molecule has 1 aromatic carbocycles. The lowest BCUT2D eigenvalue weighted by Gasteiger charge is -1.98. The Kier molecular flexibility index (Phi) is 2.61. The van der Waals surface area contributed by atoms with Crippen molar-refractivity contribution in [2.45, 2.75) is 6.92 Å². The van der Waals surface area contributed by atoms with Crippen LogP contribution in [0.25, 0.3) is 23.0 Å². The third-order valence-corrected chi connectivity index (χ3v) is 2.68. The van der Waals surface area contributed by atoms with E-state index in [1.807, 2.05) is 49.4 Å². The summed E-state index contributed by atoms with van der Waals surface area (Å²) in [5, 5.41) is 8.09. The van der Waals surface area contributed by atoms with E-state index in [1.165, 1.54) is 0 Å². The largest absolute Gasteiger partial charge is 0.415 e. The molecular weight excluding hydrogens is 226 g/mol. The highest BCUT2D eigenvalue weighted by atomic mass is 16.4. The first-order valence-electron chi connectivity index (χ1n) is 5.65. The fourth-order valence-corrected chi connectivity index (χ4v) is 1.74. The van der Waals surface area contributed by atoms with Gasteiger partial charge in [0.05, 0.1) is 0 Å². The fourth-order valence-electron chi connectivity index (χ4n) is 1.74. The molecule has 2 aromatic heterocycles. The molecule has 0 saturated carbocycles. The number of hydrogen-bond donors (Lipinski definition) is 0. The van der Waals surface area contributed by atoms with Crippen LogP contribution in [0.4, 0.5) is 0 Å². The van der Waals surface area contributed by atoms with E-state index in [1.54, 1.807) is 6.20 Å². The van der Waals surface area contributed by atoms with Crippen molar-refractivity contribution in [3.05, 3.63) is 54.2 Å². The number of aryl methyl sites for hydroxylation is 1. The van der Waals surface area contributed by atoms with Gasteiger partial charge < -0.3 is 4.42 Å². The Morgan fingerprint density at radius 2 is 1.67 bits per heavy atom. The van der Waals surface area contributed by atoms with Crippen LogP contribution in [0.2, 0.25) is 0 Å².